The molecule has 0 aromatic heterocycles. The van der Waals surface area contributed by atoms with Gasteiger partial charge in [0.1, 0.15) is 12.4 Å². The highest BCUT2D eigenvalue weighted by Crippen LogP contribution is 2.30. The first-order chi connectivity index (χ1) is 15.8. The molecular weight excluding hydrogens is 451 g/mol. The number of nitrogens with two attached hydrogens (primary N) is 1. The van der Waals surface area contributed by atoms with E-state index in [0.29, 0.717) is 22.8 Å². The number of halogens is 1. The number of hydrogen-bond donors (Lipinski definition) is 1. The highest BCUT2D eigenvalue weighted by atomic mass is 32.2. The largest absolute Gasteiger partial charge is 0.454 e. The van der Waals surface area contributed by atoms with Crippen LogP contribution in [0.1, 0.15) is 5.56 Å². The van der Waals surface area contributed by atoms with Crippen molar-refractivity contribution < 1.29 is 28.2 Å². The van der Waals surface area contributed by atoms with E-state index in [4.69, 9.17) is 25.2 Å². The minimum absolute atomic E-state index is 0.0176. The quantitative estimate of drug-likeness (QED) is 0.367. The number of ether oxygens (including phenoxy) is 3. The van der Waals surface area contributed by atoms with Crippen molar-refractivity contribution in [1.29, 1.82) is 5.26 Å². The molecule has 0 fully saturated rings. The zero-order chi connectivity index (χ0) is 24.2. The van der Waals surface area contributed by atoms with Crippen molar-refractivity contribution in [3.8, 4) is 17.6 Å². The van der Waals surface area contributed by atoms with Crippen molar-refractivity contribution in [3.63, 3.8) is 0 Å². The molecule has 2 amide bonds. The number of methoxy groups -OCH3 is 1. The molecule has 11 heteroatoms. The summed E-state index contributed by atoms with van der Waals surface area (Å²) in [6.07, 6.45) is -0.522. The highest BCUT2D eigenvalue weighted by molar-refractivity contribution is 7.97. The van der Waals surface area contributed by atoms with Crippen molar-refractivity contribution in [1.82, 2.24) is 9.21 Å². The van der Waals surface area contributed by atoms with Crippen LogP contribution >= 0.6 is 11.9 Å². The number of amides is 2. The lowest BCUT2D eigenvalue weighted by Crippen LogP contribution is -2.37. The molecule has 0 atom stereocenters. The van der Waals surface area contributed by atoms with Crippen LogP contribution in [-0.4, -0.2) is 68.2 Å². The van der Waals surface area contributed by atoms with Gasteiger partial charge in [0, 0.05) is 32.1 Å². The molecule has 2 rings (SSSR count). The van der Waals surface area contributed by atoms with Crippen molar-refractivity contribution in [3.05, 3.63) is 53.8 Å². The minimum atomic E-state index is -0.595. The van der Waals surface area contributed by atoms with Crippen LogP contribution < -0.4 is 10.5 Å². The Morgan fingerprint density at radius 3 is 2.48 bits per heavy atom. The van der Waals surface area contributed by atoms with Gasteiger partial charge in [-0.3, -0.25) is 4.79 Å². The molecule has 0 radical (unpaired) electrons. The summed E-state index contributed by atoms with van der Waals surface area (Å²) in [7, 11) is 3.07. The Morgan fingerprint density at radius 1 is 1.15 bits per heavy atom. The maximum absolute atomic E-state index is 14.6. The van der Waals surface area contributed by atoms with Gasteiger partial charge < -0.3 is 24.8 Å². The zero-order valence-electron chi connectivity index (χ0n) is 18.3. The number of carbonyl (C=O) groups is 2. The summed E-state index contributed by atoms with van der Waals surface area (Å²) < 4.78 is 31.6. The van der Waals surface area contributed by atoms with E-state index in [-0.39, 0.29) is 32.0 Å². The van der Waals surface area contributed by atoms with Crippen LogP contribution in [0.15, 0.2) is 47.4 Å². The van der Waals surface area contributed by atoms with E-state index >= 15 is 0 Å². The lowest BCUT2D eigenvalue weighted by atomic mass is 10.2. The van der Waals surface area contributed by atoms with Crippen molar-refractivity contribution >= 4 is 23.9 Å². The first-order valence-corrected chi connectivity index (χ1v) is 10.7. The summed E-state index contributed by atoms with van der Waals surface area (Å²) >= 11 is 1.13. The van der Waals surface area contributed by atoms with Crippen molar-refractivity contribution in [2.75, 3.05) is 47.0 Å². The fraction of sp³-hybridized carbons (Fsp3) is 0.318. The topological polar surface area (TPSA) is 118 Å². The Labute approximate surface area is 195 Å². The average molecular weight is 477 g/mol. The van der Waals surface area contributed by atoms with Crippen LogP contribution in [0.4, 0.5) is 9.18 Å². The lowest BCUT2D eigenvalue weighted by Gasteiger charge is -2.23. The van der Waals surface area contributed by atoms with Crippen molar-refractivity contribution in [2.24, 2.45) is 5.73 Å². The first-order valence-electron chi connectivity index (χ1n) is 9.88. The molecule has 0 unspecified atom stereocenters. The molecule has 0 bridgehead atoms. The molecule has 0 heterocycles. The number of rotatable bonds is 12. The summed E-state index contributed by atoms with van der Waals surface area (Å²) in [6.45, 7) is 0.876. The normalized spacial score (nSPS) is 10.5. The molecule has 176 valence electrons. The van der Waals surface area contributed by atoms with Gasteiger partial charge in [0.2, 0.25) is 5.91 Å². The van der Waals surface area contributed by atoms with E-state index in [1.54, 1.807) is 41.7 Å². The van der Waals surface area contributed by atoms with E-state index in [0.717, 1.165) is 11.9 Å². The predicted octanol–water partition coefficient (Wildman–Crippen LogP) is 3.00. The number of nitrogens with zero attached hydrogens (tertiary/aromatic N) is 3. The second-order valence-electron chi connectivity index (χ2n) is 6.78. The van der Waals surface area contributed by atoms with Gasteiger partial charge in [0.15, 0.2) is 11.6 Å². The SMILES string of the molecule is COCCOC(=O)N(C)CCN(CC(N)=O)Sc1ccc(Oc2ccc(C#N)cc2)c(F)c1. The summed E-state index contributed by atoms with van der Waals surface area (Å²) in [5.41, 5.74) is 5.80. The molecule has 2 aromatic carbocycles. The molecular formula is C22H25FN4O5S. The monoisotopic (exact) mass is 476 g/mol. The molecule has 0 aliphatic rings. The summed E-state index contributed by atoms with van der Waals surface area (Å²) in [4.78, 5) is 25.3. The smallest absolute Gasteiger partial charge is 0.409 e. The van der Waals surface area contributed by atoms with E-state index in [9.17, 15) is 14.0 Å². The third kappa shape index (κ3) is 8.97. The molecule has 0 aliphatic heterocycles. The fourth-order valence-corrected chi connectivity index (χ4v) is 3.45. The van der Waals surface area contributed by atoms with Crippen LogP contribution in [0.2, 0.25) is 0 Å². The van der Waals surface area contributed by atoms with E-state index < -0.39 is 17.8 Å². The average Bonchev–Trinajstić information content (AvgIpc) is 2.79. The Bertz CT molecular complexity index is 984. The van der Waals surface area contributed by atoms with Crippen LogP contribution in [0.25, 0.3) is 0 Å². The predicted molar refractivity (Wildman–Crippen MR) is 120 cm³/mol. The van der Waals surface area contributed by atoms with E-state index in [2.05, 4.69) is 0 Å². The van der Waals surface area contributed by atoms with Crippen LogP contribution in [0.3, 0.4) is 0 Å². The molecule has 0 saturated carbocycles. The number of hydrogen-bond acceptors (Lipinski definition) is 8. The lowest BCUT2D eigenvalue weighted by molar-refractivity contribution is -0.118. The Balaban J connectivity index is 1.98. The maximum Gasteiger partial charge on any atom is 0.409 e. The number of primary amides is 1. The van der Waals surface area contributed by atoms with Gasteiger partial charge in [0.05, 0.1) is 24.8 Å². The molecule has 33 heavy (non-hydrogen) atoms. The number of carbonyl (C=O) groups excluding carboxylic acids is 2. The standard InChI is InChI=1S/C22H25FN4O5S/c1-26(22(29)31-12-11-30-2)9-10-27(15-21(25)28)33-18-7-8-20(19(23)13-18)32-17-5-3-16(14-24)4-6-17/h3-8,13H,9-12,15H2,1-2H3,(H2,25,28). The molecule has 2 N–H and O–H groups in total. The van der Waals surface area contributed by atoms with Crippen LogP contribution in [0.5, 0.6) is 11.5 Å². The number of nitriles is 1. The zero-order valence-corrected chi connectivity index (χ0v) is 19.1. The van der Waals surface area contributed by atoms with E-state index in [1.807, 2.05) is 6.07 Å². The number of benzene rings is 2. The minimum Gasteiger partial charge on any atom is -0.454 e. The maximum atomic E-state index is 14.6. The second-order valence-corrected chi connectivity index (χ2v) is 7.95. The van der Waals surface area contributed by atoms with Gasteiger partial charge in [-0.25, -0.2) is 13.5 Å². The summed E-state index contributed by atoms with van der Waals surface area (Å²) in [6, 6.07) is 12.7. The molecule has 9 nitrogen and oxygen atoms in total. The third-order valence-electron chi connectivity index (χ3n) is 4.19. The van der Waals surface area contributed by atoms with Gasteiger partial charge >= 0.3 is 6.09 Å². The molecule has 0 aliphatic carbocycles. The highest BCUT2D eigenvalue weighted by Gasteiger charge is 2.16. The van der Waals surface area contributed by atoms with Crippen LogP contribution in [0, 0.1) is 17.1 Å². The van der Waals surface area contributed by atoms with E-state index in [1.165, 1.54) is 24.1 Å². The van der Waals surface area contributed by atoms with Crippen LogP contribution in [-0.2, 0) is 14.3 Å². The second kappa shape index (κ2) is 13.3. The number of likely N-dealkylation sites (N-methyl/N-ethyl adjacent to an activating group) is 1. The Hall–Kier alpha value is -3.33. The summed E-state index contributed by atoms with van der Waals surface area (Å²) in [5.74, 6) is -0.746. The third-order valence-corrected chi connectivity index (χ3v) is 5.23. The van der Waals surface area contributed by atoms with Crippen molar-refractivity contribution in [2.45, 2.75) is 4.90 Å². The van der Waals surface area contributed by atoms with Gasteiger partial charge in [-0.15, -0.1) is 0 Å². The Kier molecular flexibility index (Phi) is 10.4. The fourth-order valence-electron chi connectivity index (χ4n) is 2.50. The van der Waals surface area contributed by atoms with Gasteiger partial charge in [-0.2, -0.15) is 5.26 Å². The molecule has 2 aromatic rings. The molecule has 0 spiro atoms. The molecule has 0 saturated heterocycles. The summed E-state index contributed by atoms with van der Waals surface area (Å²) in [5, 5.41) is 8.84. The van der Waals surface area contributed by atoms with Gasteiger partial charge in [0.25, 0.3) is 0 Å². The van der Waals surface area contributed by atoms with Gasteiger partial charge in [-0.1, -0.05) is 0 Å². The first kappa shape index (κ1) is 25.9. The Morgan fingerprint density at radius 2 is 1.88 bits per heavy atom. The van der Waals surface area contributed by atoms with Gasteiger partial charge in [-0.05, 0) is 54.4 Å².